The average molecular weight is 350 g/mol. The lowest BCUT2D eigenvalue weighted by Crippen LogP contribution is -2.28. The van der Waals surface area contributed by atoms with E-state index in [-0.39, 0.29) is 18.3 Å². The van der Waals surface area contributed by atoms with Crippen LogP contribution in [0.1, 0.15) is 11.2 Å². The van der Waals surface area contributed by atoms with Crippen LogP contribution < -0.4 is 14.8 Å². The molecule has 3 rings (SSSR count). The van der Waals surface area contributed by atoms with E-state index in [1.807, 2.05) is 0 Å². The second kappa shape index (κ2) is 5.64. The first-order valence-electron chi connectivity index (χ1n) is 6.85. The van der Waals surface area contributed by atoms with E-state index in [1.54, 1.807) is 12.1 Å². The first kappa shape index (κ1) is 16.0. The minimum atomic E-state index is -3.41. The number of nitrogens with one attached hydrogen (secondary N) is 2. The van der Waals surface area contributed by atoms with Crippen LogP contribution in [-0.4, -0.2) is 43.1 Å². The molecule has 1 aromatic carbocycles. The van der Waals surface area contributed by atoms with Gasteiger partial charge in [-0.15, -0.1) is 0 Å². The van der Waals surface area contributed by atoms with E-state index in [0.29, 0.717) is 22.7 Å². The number of amides is 1. The number of hydrogen-bond acceptors (Lipinski definition) is 6. The summed E-state index contributed by atoms with van der Waals surface area (Å²) in [7, 11) is -1.98. The minimum absolute atomic E-state index is 0.145. The van der Waals surface area contributed by atoms with Gasteiger partial charge in [0.25, 0.3) is 0 Å². The van der Waals surface area contributed by atoms with Crippen molar-refractivity contribution in [1.29, 1.82) is 0 Å². The second-order valence-corrected chi connectivity index (χ2v) is 6.98. The number of aromatic nitrogens is 2. The molecule has 0 unspecified atom stereocenters. The largest absolute Gasteiger partial charge is 0.496 e. The molecular formula is C14H14N4O5S. The number of carbonyl (C=O) groups excluding carboxylic acids is 2. The van der Waals surface area contributed by atoms with Crippen molar-refractivity contribution >= 4 is 33.5 Å². The van der Waals surface area contributed by atoms with Crippen molar-refractivity contribution in [1.82, 2.24) is 9.55 Å². The van der Waals surface area contributed by atoms with Crippen LogP contribution in [0.25, 0.3) is 11.3 Å². The summed E-state index contributed by atoms with van der Waals surface area (Å²) >= 11 is 0. The SMILES string of the molecule is COc1cc(NS(C)(=O)=O)ccc1-c1cn2c(n1)NC(=O)CC2=O. The third-order valence-electron chi connectivity index (χ3n) is 3.32. The van der Waals surface area contributed by atoms with E-state index in [4.69, 9.17) is 4.74 Å². The van der Waals surface area contributed by atoms with Crippen molar-refractivity contribution in [2.24, 2.45) is 0 Å². The van der Waals surface area contributed by atoms with Crippen LogP contribution >= 0.6 is 0 Å². The smallest absolute Gasteiger partial charge is 0.242 e. The Morgan fingerprint density at radius 2 is 2.08 bits per heavy atom. The minimum Gasteiger partial charge on any atom is -0.496 e. The van der Waals surface area contributed by atoms with Crippen molar-refractivity contribution < 1.29 is 22.7 Å². The number of anilines is 2. The van der Waals surface area contributed by atoms with Crippen LogP contribution in [0.4, 0.5) is 11.6 Å². The van der Waals surface area contributed by atoms with Crippen molar-refractivity contribution in [3.8, 4) is 17.0 Å². The molecule has 0 saturated heterocycles. The predicted octanol–water partition coefficient (Wildman–Crippen LogP) is 0.913. The molecular weight excluding hydrogens is 336 g/mol. The lowest BCUT2D eigenvalue weighted by molar-refractivity contribution is -0.115. The van der Waals surface area contributed by atoms with Gasteiger partial charge < -0.3 is 4.74 Å². The number of imidazole rings is 1. The van der Waals surface area contributed by atoms with Gasteiger partial charge in [-0.1, -0.05) is 0 Å². The molecule has 1 amide bonds. The monoisotopic (exact) mass is 350 g/mol. The summed E-state index contributed by atoms with van der Waals surface area (Å²) in [6, 6.07) is 4.68. The molecule has 0 saturated carbocycles. The van der Waals surface area contributed by atoms with Gasteiger partial charge in [-0.25, -0.2) is 13.4 Å². The Morgan fingerprint density at radius 1 is 1.33 bits per heavy atom. The summed E-state index contributed by atoms with van der Waals surface area (Å²) < 4.78 is 31.5. The molecule has 0 spiro atoms. The van der Waals surface area contributed by atoms with Gasteiger partial charge in [0.1, 0.15) is 12.2 Å². The fourth-order valence-corrected chi connectivity index (χ4v) is 2.92. The Labute approximate surface area is 137 Å². The zero-order chi connectivity index (χ0) is 17.5. The fraction of sp³-hybridized carbons (Fsp3) is 0.214. The maximum absolute atomic E-state index is 11.9. The molecule has 126 valence electrons. The lowest BCUT2D eigenvalue weighted by Gasteiger charge is -2.11. The number of carbonyl (C=O) groups is 2. The molecule has 0 atom stereocenters. The molecule has 9 nitrogen and oxygen atoms in total. The van der Waals surface area contributed by atoms with Gasteiger partial charge in [-0.2, -0.15) is 0 Å². The predicted molar refractivity (Wildman–Crippen MR) is 86.6 cm³/mol. The highest BCUT2D eigenvalue weighted by Gasteiger charge is 2.25. The van der Waals surface area contributed by atoms with Gasteiger partial charge in [0.05, 0.1) is 24.7 Å². The Kier molecular flexibility index (Phi) is 3.76. The topological polar surface area (TPSA) is 119 Å². The van der Waals surface area contributed by atoms with E-state index >= 15 is 0 Å². The summed E-state index contributed by atoms with van der Waals surface area (Å²) in [6.07, 6.45) is 2.31. The Balaban J connectivity index is 2.02. The van der Waals surface area contributed by atoms with Crippen LogP contribution in [0, 0.1) is 0 Å². The summed E-state index contributed by atoms with van der Waals surface area (Å²) in [5.74, 6) is -0.268. The zero-order valence-electron chi connectivity index (χ0n) is 12.9. The van der Waals surface area contributed by atoms with E-state index in [1.165, 1.54) is 23.9 Å². The number of fused-ring (bicyclic) bond motifs is 1. The van der Waals surface area contributed by atoms with Crippen molar-refractivity contribution in [3.05, 3.63) is 24.4 Å². The molecule has 2 aromatic rings. The van der Waals surface area contributed by atoms with Gasteiger partial charge in [-0.05, 0) is 12.1 Å². The summed E-state index contributed by atoms with van der Waals surface area (Å²) in [6.45, 7) is 0. The molecule has 1 aliphatic rings. The third kappa shape index (κ3) is 3.08. The number of ether oxygens (including phenoxy) is 1. The molecule has 24 heavy (non-hydrogen) atoms. The van der Waals surface area contributed by atoms with Crippen LogP contribution in [0.15, 0.2) is 24.4 Å². The highest BCUT2D eigenvalue weighted by atomic mass is 32.2. The standard InChI is InChI=1S/C14H14N4O5S/c1-23-11-5-8(17-24(2,21)22)3-4-9(11)10-7-18-13(20)6-12(19)16-14(18)15-10/h3-5,7,17H,6H2,1-2H3,(H,15,16,19). The Hall–Kier alpha value is -2.88. The van der Waals surface area contributed by atoms with Gasteiger partial charge >= 0.3 is 0 Å². The van der Waals surface area contributed by atoms with Crippen LogP contribution in [0.2, 0.25) is 0 Å². The molecule has 1 aromatic heterocycles. The van der Waals surface area contributed by atoms with Crippen molar-refractivity contribution in [3.63, 3.8) is 0 Å². The number of nitrogens with zero attached hydrogens (tertiary/aromatic N) is 2. The van der Waals surface area contributed by atoms with Gasteiger partial charge in [-0.3, -0.25) is 24.2 Å². The first-order valence-corrected chi connectivity index (χ1v) is 8.74. The Bertz CT molecular complexity index is 948. The van der Waals surface area contributed by atoms with Gasteiger partial charge in [0.2, 0.25) is 27.8 Å². The highest BCUT2D eigenvalue weighted by molar-refractivity contribution is 7.92. The Morgan fingerprint density at radius 3 is 2.75 bits per heavy atom. The number of benzene rings is 1. The molecule has 1 aliphatic heterocycles. The molecule has 0 radical (unpaired) electrons. The number of sulfonamides is 1. The lowest BCUT2D eigenvalue weighted by atomic mass is 10.1. The quantitative estimate of drug-likeness (QED) is 0.791. The fourth-order valence-electron chi connectivity index (χ4n) is 2.36. The highest BCUT2D eigenvalue weighted by Crippen LogP contribution is 2.33. The maximum Gasteiger partial charge on any atom is 0.242 e. The summed E-state index contributed by atoms with van der Waals surface area (Å²) in [4.78, 5) is 27.5. The number of hydrogen-bond donors (Lipinski definition) is 2. The molecule has 2 heterocycles. The molecule has 10 heteroatoms. The van der Waals surface area contributed by atoms with Gasteiger partial charge in [0, 0.05) is 17.8 Å². The molecule has 0 fully saturated rings. The number of methoxy groups -OCH3 is 1. The van der Waals surface area contributed by atoms with Crippen molar-refractivity contribution in [2.45, 2.75) is 6.42 Å². The molecule has 0 bridgehead atoms. The van der Waals surface area contributed by atoms with Crippen LogP contribution in [0.3, 0.4) is 0 Å². The van der Waals surface area contributed by atoms with E-state index in [2.05, 4.69) is 15.0 Å². The normalized spacial score (nSPS) is 14.1. The van der Waals surface area contributed by atoms with Crippen molar-refractivity contribution in [2.75, 3.05) is 23.4 Å². The summed E-state index contributed by atoms with van der Waals surface area (Å²) in [5, 5.41) is 2.52. The first-order chi connectivity index (χ1) is 11.3. The number of rotatable bonds is 4. The average Bonchev–Trinajstić information content (AvgIpc) is 2.89. The molecule has 2 N–H and O–H groups in total. The van der Waals surface area contributed by atoms with E-state index in [9.17, 15) is 18.0 Å². The summed E-state index contributed by atoms with van der Waals surface area (Å²) in [5.41, 5.74) is 1.32. The molecule has 0 aliphatic carbocycles. The van der Waals surface area contributed by atoms with Crippen LogP contribution in [-0.2, 0) is 14.8 Å². The zero-order valence-corrected chi connectivity index (χ0v) is 13.7. The maximum atomic E-state index is 11.9. The van der Waals surface area contributed by atoms with Crippen LogP contribution in [0.5, 0.6) is 5.75 Å². The third-order valence-corrected chi connectivity index (χ3v) is 3.92. The van der Waals surface area contributed by atoms with E-state index in [0.717, 1.165) is 6.26 Å². The van der Waals surface area contributed by atoms with E-state index < -0.39 is 15.9 Å². The second-order valence-electron chi connectivity index (χ2n) is 5.23. The van der Waals surface area contributed by atoms with Gasteiger partial charge in [0.15, 0.2) is 0 Å².